The van der Waals surface area contributed by atoms with Gasteiger partial charge in [0, 0.05) is 11.6 Å². The maximum absolute atomic E-state index is 10.6. The molecule has 0 aliphatic rings. The number of aliphatic imine (C=N–C) groups is 1. The van der Waals surface area contributed by atoms with Gasteiger partial charge in [0.15, 0.2) is 0 Å². The summed E-state index contributed by atoms with van der Waals surface area (Å²) >= 11 is 4.40. The smallest absolute Gasteiger partial charge is 0.258 e. The van der Waals surface area contributed by atoms with Crippen LogP contribution < -0.4 is 0 Å². The molecule has 0 N–H and O–H groups in total. The lowest BCUT2D eigenvalue weighted by atomic mass is 10.1. The molecular weight excluding hydrogens is 200 g/mol. The van der Waals surface area contributed by atoms with Crippen molar-refractivity contribution in [2.75, 3.05) is 6.54 Å². The second kappa shape index (κ2) is 5.21. The molecule has 1 aromatic carbocycles. The minimum absolute atomic E-state index is 0.132. The Hall–Kier alpha value is -1.58. The van der Waals surface area contributed by atoms with E-state index in [0.717, 1.165) is 0 Å². The number of rotatable bonds is 4. The van der Waals surface area contributed by atoms with Crippen LogP contribution in [0.5, 0.6) is 0 Å². The molecule has 4 nitrogen and oxygen atoms in total. The quantitative estimate of drug-likeness (QED) is 0.330. The van der Waals surface area contributed by atoms with Crippen LogP contribution in [0.25, 0.3) is 0 Å². The summed E-state index contributed by atoms with van der Waals surface area (Å²) in [5.41, 5.74) is 0.804. The van der Waals surface area contributed by atoms with Gasteiger partial charge in [-0.2, -0.15) is 0 Å². The van der Waals surface area contributed by atoms with Crippen LogP contribution in [-0.2, 0) is 6.42 Å². The molecule has 14 heavy (non-hydrogen) atoms. The molecule has 0 saturated heterocycles. The van der Waals surface area contributed by atoms with E-state index in [2.05, 4.69) is 22.4 Å². The van der Waals surface area contributed by atoms with Gasteiger partial charge < -0.3 is 0 Å². The molecule has 0 fully saturated rings. The van der Waals surface area contributed by atoms with E-state index < -0.39 is 4.92 Å². The van der Waals surface area contributed by atoms with Crippen molar-refractivity contribution in [3.8, 4) is 0 Å². The number of hydrogen-bond acceptors (Lipinski definition) is 4. The molecule has 5 heteroatoms. The van der Waals surface area contributed by atoms with Crippen molar-refractivity contribution >= 4 is 23.1 Å². The molecule has 0 radical (unpaired) electrons. The highest BCUT2D eigenvalue weighted by Crippen LogP contribution is 2.17. The fourth-order valence-electron chi connectivity index (χ4n) is 1.12. The number of nitro benzene ring substituents is 1. The van der Waals surface area contributed by atoms with Crippen molar-refractivity contribution in [3.63, 3.8) is 0 Å². The van der Waals surface area contributed by atoms with E-state index in [9.17, 15) is 10.1 Å². The summed E-state index contributed by atoms with van der Waals surface area (Å²) in [6, 6.07) is 6.61. The fourth-order valence-corrected chi connectivity index (χ4v) is 1.21. The Morgan fingerprint density at radius 1 is 1.50 bits per heavy atom. The Bertz CT molecular complexity index is 386. The van der Waals surface area contributed by atoms with E-state index >= 15 is 0 Å². The molecule has 0 saturated carbocycles. The SMILES string of the molecule is O=[N+]([O-])c1ccccc1CCN=C=S. The zero-order chi connectivity index (χ0) is 10.4. The summed E-state index contributed by atoms with van der Waals surface area (Å²) < 4.78 is 0. The van der Waals surface area contributed by atoms with E-state index in [-0.39, 0.29) is 5.69 Å². The molecule has 0 heterocycles. The minimum atomic E-state index is -0.392. The van der Waals surface area contributed by atoms with Crippen LogP contribution in [0, 0.1) is 10.1 Å². The Morgan fingerprint density at radius 3 is 2.86 bits per heavy atom. The van der Waals surface area contributed by atoms with Crippen molar-refractivity contribution in [1.29, 1.82) is 0 Å². The van der Waals surface area contributed by atoms with Gasteiger partial charge in [0.25, 0.3) is 5.69 Å². The molecule has 0 bridgehead atoms. The lowest BCUT2D eigenvalue weighted by molar-refractivity contribution is -0.385. The first-order chi connectivity index (χ1) is 6.75. The van der Waals surface area contributed by atoms with Gasteiger partial charge in [0.05, 0.1) is 16.6 Å². The topological polar surface area (TPSA) is 55.5 Å². The van der Waals surface area contributed by atoms with Crippen LogP contribution in [-0.4, -0.2) is 16.6 Å². The van der Waals surface area contributed by atoms with Crippen LogP contribution in [0.2, 0.25) is 0 Å². The van der Waals surface area contributed by atoms with E-state index in [1.165, 1.54) is 6.07 Å². The van der Waals surface area contributed by atoms with Crippen molar-refractivity contribution in [2.45, 2.75) is 6.42 Å². The zero-order valence-electron chi connectivity index (χ0n) is 7.34. The summed E-state index contributed by atoms with van der Waals surface area (Å²) in [4.78, 5) is 13.9. The van der Waals surface area contributed by atoms with Crippen molar-refractivity contribution in [3.05, 3.63) is 39.9 Å². The summed E-state index contributed by atoms with van der Waals surface area (Å²) in [5, 5.41) is 12.8. The van der Waals surface area contributed by atoms with Gasteiger partial charge in [-0.15, -0.1) is 0 Å². The molecule has 0 atom stereocenters. The standard InChI is InChI=1S/C9H8N2O2S/c12-11(13)9-4-2-1-3-8(9)5-6-10-7-14/h1-4H,5-6H2. The third-order valence-corrected chi connectivity index (χ3v) is 1.87. The Balaban J connectivity index is 2.84. The maximum atomic E-state index is 10.6. The van der Waals surface area contributed by atoms with Crippen molar-refractivity contribution in [1.82, 2.24) is 0 Å². The number of hydrogen-bond donors (Lipinski definition) is 0. The largest absolute Gasteiger partial charge is 0.272 e. The first-order valence-electron chi connectivity index (χ1n) is 4.01. The van der Waals surface area contributed by atoms with Gasteiger partial charge in [0.1, 0.15) is 0 Å². The average molecular weight is 208 g/mol. The molecule has 0 amide bonds. The Kier molecular flexibility index (Phi) is 3.91. The predicted molar refractivity (Wildman–Crippen MR) is 56.7 cm³/mol. The van der Waals surface area contributed by atoms with Crippen LogP contribution in [0.3, 0.4) is 0 Å². The Morgan fingerprint density at radius 2 is 2.21 bits per heavy atom. The van der Waals surface area contributed by atoms with Crippen molar-refractivity contribution in [2.24, 2.45) is 4.99 Å². The highest BCUT2D eigenvalue weighted by atomic mass is 32.1. The molecule has 0 spiro atoms. The highest BCUT2D eigenvalue weighted by molar-refractivity contribution is 7.78. The number of nitro groups is 1. The third kappa shape index (κ3) is 2.73. The number of nitrogens with zero attached hydrogens (tertiary/aromatic N) is 2. The second-order valence-electron chi connectivity index (χ2n) is 2.61. The van der Waals surface area contributed by atoms with Crippen molar-refractivity contribution < 1.29 is 4.92 Å². The lowest BCUT2D eigenvalue weighted by Crippen LogP contribution is -1.96. The van der Waals surface area contributed by atoms with Crippen LogP contribution in [0.4, 0.5) is 5.69 Å². The molecule has 72 valence electrons. The Labute approximate surface area is 86.4 Å². The van der Waals surface area contributed by atoms with E-state index in [0.29, 0.717) is 18.5 Å². The van der Waals surface area contributed by atoms with Crippen LogP contribution >= 0.6 is 12.2 Å². The average Bonchev–Trinajstić information content (AvgIpc) is 2.19. The van der Waals surface area contributed by atoms with Gasteiger partial charge >= 0.3 is 0 Å². The molecule has 1 aromatic rings. The first kappa shape index (κ1) is 10.5. The number of isothiocyanates is 1. The van der Waals surface area contributed by atoms with E-state index in [4.69, 9.17) is 0 Å². The molecule has 1 rings (SSSR count). The summed E-state index contributed by atoms with van der Waals surface area (Å²) in [7, 11) is 0. The van der Waals surface area contributed by atoms with E-state index in [1.807, 2.05) is 0 Å². The van der Waals surface area contributed by atoms with Gasteiger partial charge in [0.2, 0.25) is 0 Å². The molecule has 0 aromatic heterocycles. The maximum Gasteiger partial charge on any atom is 0.272 e. The lowest BCUT2D eigenvalue weighted by Gasteiger charge is -1.98. The fraction of sp³-hybridized carbons (Fsp3) is 0.222. The van der Waals surface area contributed by atoms with Gasteiger partial charge in [-0.3, -0.25) is 10.1 Å². The molecule has 0 aliphatic heterocycles. The predicted octanol–water partition coefficient (Wildman–Crippen LogP) is 2.24. The number of benzene rings is 1. The first-order valence-corrected chi connectivity index (χ1v) is 4.42. The van der Waals surface area contributed by atoms with Gasteiger partial charge in [-0.1, -0.05) is 18.2 Å². The van der Waals surface area contributed by atoms with Crippen LogP contribution in [0.1, 0.15) is 5.56 Å². The normalized spacial score (nSPS) is 9.14. The van der Waals surface area contributed by atoms with E-state index in [1.54, 1.807) is 18.2 Å². The van der Waals surface area contributed by atoms with Crippen LogP contribution in [0.15, 0.2) is 29.3 Å². The molecule has 0 unspecified atom stereocenters. The summed E-state index contributed by atoms with van der Waals surface area (Å²) in [5.74, 6) is 0. The molecule has 0 aliphatic carbocycles. The second-order valence-corrected chi connectivity index (χ2v) is 2.79. The highest BCUT2D eigenvalue weighted by Gasteiger charge is 2.10. The third-order valence-electron chi connectivity index (χ3n) is 1.75. The summed E-state index contributed by atoms with van der Waals surface area (Å²) in [6.45, 7) is 0.439. The molecular formula is C9H8N2O2S. The number of para-hydroxylation sites is 1. The summed E-state index contributed by atoms with van der Waals surface area (Å²) in [6.07, 6.45) is 0.515. The van der Waals surface area contributed by atoms with Gasteiger partial charge in [-0.25, -0.2) is 4.99 Å². The monoisotopic (exact) mass is 208 g/mol. The minimum Gasteiger partial charge on any atom is -0.258 e. The van der Waals surface area contributed by atoms with Gasteiger partial charge in [-0.05, 0) is 18.6 Å². The zero-order valence-corrected chi connectivity index (χ0v) is 8.16. The number of thiocarbonyl (C=S) groups is 1.